The number of aliphatic imine (C=N–C) groups is 1. The molecule has 0 spiro atoms. The molecule has 1 fully saturated rings. The monoisotopic (exact) mass is 428 g/mol. The number of carbonyl (C=O) groups excluding carboxylic acids is 1. The van der Waals surface area contributed by atoms with Crippen molar-refractivity contribution in [2.75, 3.05) is 4.90 Å². The summed E-state index contributed by atoms with van der Waals surface area (Å²) < 4.78 is 0. The molecule has 4 rings (SSSR count). The molecule has 0 atom stereocenters. The lowest BCUT2D eigenvalue weighted by Gasteiger charge is -2.18. The van der Waals surface area contributed by atoms with Crippen molar-refractivity contribution in [2.24, 2.45) is 4.99 Å². The third kappa shape index (κ3) is 4.29. The first-order valence-electron chi connectivity index (χ1n) is 9.71. The second-order valence-corrected chi connectivity index (χ2v) is 8.15. The normalized spacial score (nSPS) is 16.3. The van der Waals surface area contributed by atoms with E-state index in [0.717, 1.165) is 28.1 Å². The van der Waals surface area contributed by atoms with Crippen molar-refractivity contribution in [2.45, 2.75) is 13.8 Å². The quantitative estimate of drug-likeness (QED) is 0.532. The van der Waals surface area contributed by atoms with E-state index >= 15 is 0 Å². The van der Waals surface area contributed by atoms with Crippen molar-refractivity contribution in [3.05, 3.63) is 100.0 Å². The van der Waals surface area contributed by atoms with Gasteiger partial charge < -0.3 is 5.11 Å². The Morgan fingerprint density at radius 2 is 1.58 bits per heavy atom. The van der Waals surface area contributed by atoms with Gasteiger partial charge >= 0.3 is 5.97 Å². The van der Waals surface area contributed by atoms with Gasteiger partial charge in [-0.2, -0.15) is 0 Å². The fourth-order valence-corrected chi connectivity index (χ4v) is 4.23. The van der Waals surface area contributed by atoms with Crippen LogP contribution in [-0.2, 0) is 4.79 Å². The summed E-state index contributed by atoms with van der Waals surface area (Å²) >= 11 is 1.31. The predicted octanol–water partition coefficient (Wildman–Crippen LogP) is 5.81. The van der Waals surface area contributed by atoms with Gasteiger partial charge in [-0.05, 0) is 72.6 Å². The molecule has 0 radical (unpaired) electrons. The smallest absolute Gasteiger partial charge is 0.335 e. The van der Waals surface area contributed by atoms with Crippen molar-refractivity contribution < 1.29 is 14.7 Å². The molecule has 0 bridgehead atoms. The van der Waals surface area contributed by atoms with Crippen LogP contribution in [0.25, 0.3) is 6.08 Å². The standard InChI is InChI=1S/C25H20N2O3S/c1-16-7-3-5-9-20(16)26-25-27(21-10-6-4-8-17(21)2)23(28)22(31-25)15-18-11-13-19(14-12-18)24(29)30/h3-15H,1-2H3,(H,29,30). The van der Waals surface area contributed by atoms with Gasteiger partial charge in [0.1, 0.15) is 0 Å². The van der Waals surface area contributed by atoms with Crippen molar-refractivity contribution in [3.63, 3.8) is 0 Å². The number of nitrogens with zero attached hydrogens (tertiary/aromatic N) is 2. The molecule has 0 aliphatic carbocycles. The van der Waals surface area contributed by atoms with Crippen LogP contribution in [0.3, 0.4) is 0 Å². The Bertz CT molecular complexity index is 1230. The first-order valence-corrected chi connectivity index (χ1v) is 10.5. The Balaban J connectivity index is 1.78. The molecule has 1 heterocycles. The Hall–Kier alpha value is -3.64. The zero-order valence-electron chi connectivity index (χ0n) is 17.1. The highest BCUT2D eigenvalue weighted by Gasteiger charge is 2.35. The van der Waals surface area contributed by atoms with Gasteiger partial charge in [-0.3, -0.25) is 9.69 Å². The summed E-state index contributed by atoms with van der Waals surface area (Å²) in [6.45, 7) is 3.95. The van der Waals surface area contributed by atoms with Gasteiger partial charge in [0.05, 0.1) is 21.8 Å². The average Bonchev–Trinajstić information content (AvgIpc) is 3.05. The third-order valence-electron chi connectivity index (χ3n) is 4.95. The van der Waals surface area contributed by atoms with Crippen LogP contribution in [0.15, 0.2) is 82.7 Å². The summed E-state index contributed by atoms with van der Waals surface area (Å²) in [7, 11) is 0. The molecule has 1 aliphatic rings. The molecule has 3 aromatic rings. The number of aryl methyl sites for hydroxylation is 2. The highest BCUT2D eigenvalue weighted by molar-refractivity contribution is 8.19. The van der Waals surface area contributed by atoms with Crippen molar-refractivity contribution in [3.8, 4) is 0 Å². The van der Waals surface area contributed by atoms with Crippen LogP contribution in [-0.4, -0.2) is 22.2 Å². The molecular formula is C25H20N2O3S. The van der Waals surface area contributed by atoms with E-state index in [1.165, 1.54) is 23.9 Å². The molecule has 1 amide bonds. The van der Waals surface area contributed by atoms with E-state index in [2.05, 4.69) is 0 Å². The number of hydrogen-bond acceptors (Lipinski definition) is 4. The van der Waals surface area contributed by atoms with Gasteiger partial charge in [-0.15, -0.1) is 0 Å². The van der Waals surface area contributed by atoms with Crippen LogP contribution in [0.4, 0.5) is 11.4 Å². The Morgan fingerprint density at radius 1 is 0.935 bits per heavy atom. The molecule has 5 nitrogen and oxygen atoms in total. The number of carboxylic acid groups (broad SMARTS) is 1. The lowest BCUT2D eigenvalue weighted by Crippen LogP contribution is -2.29. The van der Waals surface area contributed by atoms with Crippen LogP contribution in [0, 0.1) is 13.8 Å². The molecule has 3 aromatic carbocycles. The fourth-order valence-electron chi connectivity index (χ4n) is 3.24. The minimum Gasteiger partial charge on any atom is -0.478 e. The number of anilines is 1. The Labute approximate surface area is 184 Å². The first-order chi connectivity index (χ1) is 14.9. The number of hydrogen-bond donors (Lipinski definition) is 1. The molecule has 1 saturated heterocycles. The maximum atomic E-state index is 13.4. The van der Waals surface area contributed by atoms with E-state index in [1.54, 1.807) is 23.1 Å². The van der Waals surface area contributed by atoms with Crippen molar-refractivity contribution in [1.29, 1.82) is 0 Å². The van der Waals surface area contributed by atoms with Gasteiger partial charge in [-0.1, -0.05) is 48.5 Å². The number of benzene rings is 3. The number of carbonyl (C=O) groups is 2. The lowest BCUT2D eigenvalue weighted by atomic mass is 10.1. The Morgan fingerprint density at radius 3 is 2.23 bits per heavy atom. The Kier molecular flexibility index (Phi) is 5.73. The summed E-state index contributed by atoms with van der Waals surface area (Å²) in [6.07, 6.45) is 1.77. The highest BCUT2D eigenvalue weighted by Crippen LogP contribution is 2.38. The number of rotatable bonds is 4. The molecule has 154 valence electrons. The second kappa shape index (κ2) is 8.62. The minimum absolute atomic E-state index is 0.158. The van der Waals surface area contributed by atoms with Crippen LogP contribution in [0.5, 0.6) is 0 Å². The largest absolute Gasteiger partial charge is 0.478 e. The van der Waals surface area contributed by atoms with E-state index in [1.807, 2.05) is 62.4 Å². The zero-order chi connectivity index (χ0) is 22.0. The molecule has 31 heavy (non-hydrogen) atoms. The van der Waals surface area contributed by atoms with E-state index in [4.69, 9.17) is 10.1 Å². The van der Waals surface area contributed by atoms with Crippen LogP contribution in [0.2, 0.25) is 0 Å². The van der Waals surface area contributed by atoms with E-state index in [9.17, 15) is 9.59 Å². The van der Waals surface area contributed by atoms with Crippen molar-refractivity contribution in [1.82, 2.24) is 0 Å². The number of aromatic carboxylic acids is 1. The van der Waals surface area contributed by atoms with Gasteiger partial charge in [0.15, 0.2) is 5.17 Å². The van der Waals surface area contributed by atoms with Crippen LogP contribution in [0.1, 0.15) is 27.0 Å². The molecule has 0 aromatic heterocycles. The second-order valence-electron chi connectivity index (χ2n) is 7.15. The van der Waals surface area contributed by atoms with E-state index in [-0.39, 0.29) is 11.5 Å². The molecule has 6 heteroatoms. The first kappa shape index (κ1) is 20.6. The summed E-state index contributed by atoms with van der Waals surface area (Å²) in [6, 6.07) is 21.9. The topological polar surface area (TPSA) is 70.0 Å². The summed E-state index contributed by atoms with van der Waals surface area (Å²) in [4.78, 5) is 31.4. The van der Waals surface area contributed by atoms with Crippen molar-refractivity contribution >= 4 is 46.3 Å². The lowest BCUT2D eigenvalue weighted by molar-refractivity contribution is -0.113. The number of thioether (sulfide) groups is 1. The third-order valence-corrected chi connectivity index (χ3v) is 5.92. The number of carboxylic acids is 1. The maximum Gasteiger partial charge on any atom is 0.335 e. The molecule has 1 aliphatic heterocycles. The van der Waals surface area contributed by atoms with Gasteiger partial charge in [0, 0.05) is 0 Å². The molecule has 1 N–H and O–H groups in total. The average molecular weight is 429 g/mol. The van der Waals surface area contributed by atoms with Gasteiger partial charge in [-0.25, -0.2) is 9.79 Å². The van der Waals surface area contributed by atoms with Gasteiger partial charge in [0.2, 0.25) is 0 Å². The molecule has 0 unspecified atom stereocenters. The maximum absolute atomic E-state index is 13.4. The SMILES string of the molecule is Cc1ccccc1N=C1SC(=Cc2ccc(C(=O)O)cc2)C(=O)N1c1ccccc1C. The summed E-state index contributed by atoms with van der Waals surface area (Å²) in [5.74, 6) is -1.14. The number of amidine groups is 1. The van der Waals surface area contributed by atoms with Crippen LogP contribution >= 0.6 is 11.8 Å². The molecule has 0 saturated carbocycles. The molecular weight excluding hydrogens is 408 g/mol. The number of para-hydroxylation sites is 2. The predicted molar refractivity (Wildman–Crippen MR) is 126 cm³/mol. The van der Waals surface area contributed by atoms with E-state index < -0.39 is 5.97 Å². The highest BCUT2D eigenvalue weighted by atomic mass is 32.2. The van der Waals surface area contributed by atoms with Gasteiger partial charge in [0.25, 0.3) is 5.91 Å². The van der Waals surface area contributed by atoms with E-state index in [0.29, 0.717) is 10.1 Å². The number of amides is 1. The minimum atomic E-state index is -0.983. The summed E-state index contributed by atoms with van der Waals surface area (Å²) in [5.41, 5.74) is 4.55. The fraction of sp³-hybridized carbons (Fsp3) is 0.0800. The zero-order valence-corrected chi connectivity index (χ0v) is 17.9. The van der Waals surface area contributed by atoms with Crippen LogP contribution < -0.4 is 4.90 Å². The summed E-state index contributed by atoms with van der Waals surface area (Å²) in [5, 5.41) is 9.68.